The van der Waals surface area contributed by atoms with E-state index in [2.05, 4.69) is 10.3 Å². The summed E-state index contributed by atoms with van der Waals surface area (Å²) in [6, 6.07) is 5.18. The number of halogens is 3. The van der Waals surface area contributed by atoms with Gasteiger partial charge < -0.3 is 11.1 Å². The molecule has 1 aromatic rings. The topological polar surface area (TPSA) is 87.8 Å². The lowest BCUT2D eigenvalue weighted by molar-refractivity contribution is 0.208. The second kappa shape index (κ2) is 9.59. The minimum atomic E-state index is -3.08. The number of benzene rings is 1. The number of rotatable bonds is 6. The summed E-state index contributed by atoms with van der Waals surface area (Å²) >= 11 is 12.1. The van der Waals surface area contributed by atoms with E-state index in [0.29, 0.717) is 35.6 Å². The predicted octanol–water partition coefficient (Wildman–Crippen LogP) is 2.86. The summed E-state index contributed by atoms with van der Waals surface area (Å²) < 4.78 is 24.8. The maximum atomic E-state index is 11.7. The van der Waals surface area contributed by atoms with Gasteiger partial charge in [0.2, 0.25) is 10.0 Å². The summed E-state index contributed by atoms with van der Waals surface area (Å²) in [5.41, 5.74) is 6.78. The predicted molar refractivity (Wildman–Crippen MR) is 114 cm³/mol. The number of hydrogen-bond donors (Lipinski definition) is 2. The number of aliphatic imine (C=N–C) groups is 1. The number of nitrogens with two attached hydrogens (primary N) is 1. The molecule has 0 amide bonds. The second-order valence-electron chi connectivity index (χ2n) is 5.84. The van der Waals surface area contributed by atoms with E-state index in [4.69, 9.17) is 28.9 Å². The van der Waals surface area contributed by atoms with Crippen molar-refractivity contribution in [1.82, 2.24) is 9.62 Å². The Kier molecular flexibility index (Phi) is 8.73. The van der Waals surface area contributed by atoms with Gasteiger partial charge >= 0.3 is 0 Å². The van der Waals surface area contributed by atoms with Crippen molar-refractivity contribution in [3.8, 4) is 0 Å². The molecule has 1 aliphatic rings. The first kappa shape index (κ1) is 22.8. The first-order chi connectivity index (χ1) is 11.2. The van der Waals surface area contributed by atoms with Gasteiger partial charge in [0.15, 0.2) is 5.96 Å². The van der Waals surface area contributed by atoms with Crippen LogP contribution in [0.1, 0.15) is 25.5 Å². The SMILES string of the molecule is CCS(=O)(=O)N1CC(CN=C(N)NC(C)c2ccc(Cl)cc2Cl)C1.I. The smallest absolute Gasteiger partial charge is 0.213 e. The highest BCUT2D eigenvalue weighted by atomic mass is 127. The van der Waals surface area contributed by atoms with E-state index < -0.39 is 10.0 Å². The number of sulfonamides is 1. The van der Waals surface area contributed by atoms with Gasteiger partial charge in [0.25, 0.3) is 0 Å². The fourth-order valence-electron chi connectivity index (χ4n) is 2.47. The van der Waals surface area contributed by atoms with Crippen LogP contribution in [0.25, 0.3) is 0 Å². The molecule has 10 heteroatoms. The Morgan fingerprint density at radius 1 is 1.44 bits per heavy atom. The standard InChI is InChI=1S/C15H22Cl2N4O2S.HI/c1-3-24(22,23)21-8-11(9-21)7-19-15(18)20-10(2)13-5-4-12(16)6-14(13)17;/h4-6,10-11H,3,7-9H2,1-2H3,(H3,18,19,20);1H. The Bertz CT molecular complexity index is 724. The average Bonchev–Trinajstić information content (AvgIpc) is 2.45. The number of hydrogen-bond acceptors (Lipinski definition) is 3. The monoisotopic (exact) mass is 520 g/mol. The summed E-state index contributed by atoms with van der Waals surface area (Å²) in [7, 11) is -3.08. The Balaban J connectivity index is 0.00000312. The summed E-state index contributed by atoms with van der Waals surface area (Å²) in [4.78, 5) is 4.29. The molecule has 0 spiro atoms. The van der Waals surface area contributed by atoms with Gasteiger partial charge in [-0.3, -0.25) is 4.99 Å². The molecule has 3 N–H and O–H groups in total. The van der Waals surface area contributed by atoms with E-state index in [9.17, 15) is 8.42 Å². The molecule has 0 radical (unpaired) electrons. The molecule has 1 saturated heterocycles. The van der Waals surface area contributed by atoms with Crippen molar-refractivity contribution in [3.63, 3.8) is 0 Å². The fourth-order valence-corrected chi connectivity index (χ4v) is 4.29. The van der Waals surface area contributed by atoms with Crippen LogP contribution < -0.4 is 11.1 Å². The minimum Gasteiger partial charge on any atom is -0.370 e. The van der Waals surface area contributed by atoms with Crippen LogP contribution in [0.2, 0.25) is 10.0 Å². The Labute approximate surface area is 176 Å². The molecule has 2 rings (SSSR count). The zero-order valence-corrected chi connectivity index (χ0v) is 18.7. The molecule has 25 heavy (non-hydrogen) atoms. The molecule has 1 aromatic carbocycles. The number of nitrogens with one attached hydrogen (secondary N) is 1. The third-order valence-electron chi connectivity index (χ3n) is 4.00. The van der Waals surface area contributed by atoms with Crippen molar-refractivity contribution in [2.75, 3.05) is 25.4 Å². The Hall–Kier alpha value is -0.290. The highest BCUT2D eigenvalue weighted by molar-refractivity contribution is 14.0. The summed E-state index contributed by atoms with van der Waals surface area (Å²) in [5, 5.41) is 4.22. The molecule has 142 valence electrons. The van der Waals surface area contributed by atoms with Crippen molar-refractivity contribution in [2.45, 2.75) is 19.9 Å². The molecular formula is C15H23Cl2IN4O2S. The lowest BCUT2D eigenvalue weighted by Gasteiger charge is -2.37. The van der Waals surface area contributed by atoms with E-state index in [0.717, 1.165) is 5.56 Å². The van der Waals surface area contributed by atoms with Crippen molar-refractivity contribution < 1.29 is 8.42 Å². The summed E-state index contributed by atoms with van der Waals surface area (Å²) in [6.45, 7) is 5.08. The molecule has 1 unspecified atom stereocenters. The highest BCUT2D eigenvalue weighted by Gasteiger charge is 2.34. The van der Waals surface area contributed by atoms with Crippen LogP contribution >= 0.6 is 47.2 Å². The van der Waals surface area contributed by atoms with E-state index in [-0.39, 0.29) is 41.7 Å². The first-order valence-electron chi connectivity index (χ1n) is 7.72. The molecule has 0 aromatic heterocycles. The van der Waals surface area contributed by atoms with Crippen LogP contribution in [-0.4, -0.2) is 44.1 Å². The van der Waals surface area contributed by atoms with Crippen molar-refractivity contribution in [1.29, 1.82) is 0 Å². The van der Waals surface area contributed by atoms with Crippen LogP contribution in [0.3, 0.4) is 0 Å². The van der Waals surface area contributed by atoms with Crippen LogP contribution in [0.4, 0.5) is 0 Å². The molecular weight excluding hydrogens is 498 g/mol. The normalized spacial score (nSPS) is 17.5. The zero-order valence-electron chi connectivity index (χ0n) is 14.1. The maximum Gasteiger partial charge on any atom is 0.213 e. The van der Waals surface area contributed by atoms with E-state index >= 15 is 0 Å². The minimum absolute atomic E-state index is 0. The van der Waals surface area contributed by atoms with Crippen LogP contribution in [-0.2, 0) is 10.0 Å². The van der Waals surface area contributed by atoms with Gasteiger partial charge in [0.05, 0.1) is 11.8 Å². The average molecular weight is 521 g/mol. The van der Waals surface area contributed by atoms with Crippen molar-refractivity contribution in [3.05, 3.63) is 33.8 Å². The molecule has 6 nitrogen and oxygen atoms in total. The van der Waals surface area contributed by atoms with E-state index in [1.54, 1.807) is 19.1 Å². The molecule has 0 saturated carbocycles. The number of nitrogens with zero attached hydrogens (tertiary/aromatic N) is 2. The first-order valence-corrected chi connectivity index (χ1v) is 10.1. The van der Waals surface area contributed by atoms with Crippen molar-refractivity contribution >= 4 is 63.2 Å². The van der Waals surface area contributed by atoms with Gasteiger partial charge in [-0.1, -0.05) is 29.3 Å². The van der Waals surface area contributed by atoms with Gasteiger partial charge in [-0.25, -0.2) is 12.7 Å². The largest absolute Gasteiger partial charge is 0.370 e. The van der Waals surface area contributed by atoms with Crippen LogP contribution in [0.5, 0.6) is 0 Å². The second-order valence-corrected chi connectivity index (χ2v) is 8.94. The lowest BCUT2D eigenvalue weighted by Crippen LogP contribution is -2.51. The number of guanidine groups is 1. The third kappa shape index (κ3) is 6.13. The van der Waals surface area contributed by atoms with Gasteiger partial charge in [-0.05, 0) is 31.5 Å². The van der Waals surface area contributed by atoms with Gasteiger partial charge in [0.1, 0.15) is 0 Å². The fraction of sp³-hybridized carbons (Fsp3) is 0.533. The van der Waals surface area contributed by atoms with Gasteiger partial charge in [-0.2, -0.15) is 0 Å². The Morgan fingerprint density at radius 2 is 2.08 bits per heavy atom. The molecule has 0 aliphatic carbocycles. The maximum absolute atomic E-state index is 11.7. The van der Waals surface area contributed by atoms with Crippen LogP contribution in [0, 0.1) is 5.92 Å². The Morgan fingerprint density at radius 3 is 2.64 bits per heavy atom. The molecule has 0 bridgehead atoms. The van der Waals surface area contributed by atoms with Crippen LogP contribution in [0.15, 0.2) is 23.2 Å². The van der Waals surface area contributed by atoms with Crippen molar-refractivity contribution in [2.24, 2.45) is 16.6 Å². The molecule has 1 heterocycles. The third-order valence-corrected chi connectivity index (χ3v) is 6.37. The molecule has 1 aliphatic heterocycles. The molecule has 1 atom stereocenters. The van der Waals surface area contributed by atoms with Gasteiger partial charge in [0, 0.05) is 35.6 Å². The van der Waals surface area contributed by atoms with E-state index in [1.165, 1.54) is 4.31 Å². The quantitative estimate of drug-likeness (QED) is 0.343. The molecule has 1 fully saturated rings. The lowest BCUT2D eigenvalue weighted by atomic mass is 10.0. The van der Waals surface area contributed by atoms with Gasteiger partial charge in [-0.15, -0.1) is 24.0 Å². The summed E-state index contributed by atoms with van der Waals surface area (Å²) in [6.07, 6.45) is 0. The van der Waals surface area contributed by atoms with E-state index in [1.807, 2.05) is 13.0 Å². The summed E-state index contributed by atoms with van der Waals surface area (Å²) in [5.74, 6) is 0.651. The highest BCUT2D eigenvalue weighted by Crippen LogP contribution is 2.26. The zero-order chi connectivity index (χ0) is 17.9.